The van der Waals surface area contributed by atoms with Gasteiger partial charge >= 0.3 is 0 Å². The Balaban J connectivity index is 2.16. The number of hydrogen-bond acceptors (Lipinski definition) is 3. The van der Waals surface area contributed by atoms with E-state index >= 15 is 0 Å². The van der Waals surface area contributed by atoms with Gasteiger partial charge in [0, 0.05) is 24.3 Å². The van der Waals surface area contributed by atoms with Crippen LogP contribution in [0.5, 0.6) is 0 Å². The van der Waals surface area contributed by atoms with Crippen molar-refractivity contribution in [3.8, 4) is 0 Å². The maximum atomic E-state index is 11.6. The zero-order valence-corrected chi connectivity index (χ0v) is 8.75. The summed E-state index contributed by atoms with van der Waals surface area (Å²) in [5, 5.41) is 5.40. The molecule has 0 unspecified atom stereocenters. The molecular formula is C11H13N3O2. The molecule has 5 nitrogen and oxygen atoms in total. The third kappa shape index (κ3) is 2.04. The van der Waals surface area contributed by atoms with Crippen molar-refractivity contribution >= 4 is 17.5 Å². The topological polar surface area (TPSA) is 84.2 Å². The third-order valence-electron chi connectivity index (χ3n) is 2.42. The van der Waals surface area contributed by atoms with Crippen molar-refractivity contribution in [1.82, 2.24) is 5.32 Å². The zero-order valence-electron chi connectivity index (χ0n) is 8.75. The van der Waals surface area contributed by atoms with E-state index in [4.69, 9.17) is 5.73 Å². The molecule has 0 spiro atoms. The third-order valence-corrected chi connectivity index (χ3v) is 2.42. The van der Waals surface area contributed by atoms with Crippen molar-refractivity contribution < 1.29 is 9.59 Å². The van der Waals surface area contributed by atoms with Gasteiger partial charge in [-0.15, -0.1) is 0 Å². The Kier molecular flexibility index (Phi) is 2.87. The van der Waals surface area contributed by atoms with Gasteiger partial charge < -0.3 is 16.4 Å². The van der Waals surface area contributed by atoms with Crippen LogP contribution >= 0.6 is 0 Å². The van der Waals surface area contributed by atoms with Crippen molar-refractivity contribution in [2.75, 3.05) is 18.4 Å². The van der Waals surface area contributed by atoms with Gasteiger partial charge in [0.15, 0.2) is 0 Å². The van der Waals surface area contributed by atoms with Gasteiger partial charge in [-0.05, 0) is 23.8 Å². The lowest BCUT2D eigenvalue weighted by molar-refractivity contribution is -0.115. The Hall–Kier alpha value is -1.88. The molecule has 0 saturated heterocycles. The van der Waals surface area contributed by atoms with Gasteiger partial charge in [0.2, 0.25) is 5.91 Å². The van der Waals surface area contributed by atoms with E-state index in [1.807, 2.05) is 0 Å². The Morgan fingerprint density at radius 1 is 1.50 bits per heavy atom. The minimum atomic E-state index is -0.160. The first kappa shape index (κ1) is 10.6. The molecule has 0 radical (unpaired) electrons. The van der Waals surface area contributed by atoms with Crippen molar-refractivity contribution in [3.05, 3.63) is 29.3 Å². The van der Waals surface area contributed by atoms with Crippen LogP contribution in [0.25, 0.3) is 0 Å². The van der Waals surface area contributed by atoms with Crippen molar-refractivity contribution in [1.29, 1.82) is 0 Å². The largest absolute Gasteiger partial charge is 0.351 e. The summed E-state index contributed by atoms with van der Waals surface area (Å²) in [4.78, 5) is 22.7. The monoisotopic (exact) mass is 219 g/mol. The smallest absolute Gasteiger partial charge is 0.251 e. The molecule has 0 fully saturated rings. The molecule has 2 rings (SSSR count). The molecule has 1 heterocycles. The lowest BCUT2D eigenvalue weighted by Crippen LogP contribution is -2.28. The number of anilines is 1. The summed E-state index contributed by atoms with van der Waals surface area (Å²) in [7, 11) is 0. The zero-order chi connectivity index (χ0) is 11.5. The van der Waals surface area contributed by atoms with Crippen LogP contribution in [0.15, 0.2) is 18.2 Å². The van der Waals surface area contributed by atoms with Crippen molar-refractivity contribution in [2.45, 2.75) is 6.42 Å². The predicted octanol–water partition coefficient (Wildman–Crippen LogP) is -0.130. The maximum absolute atomic E-state index is 11.6. The van der Waals surface area contributed by atoms with Crippen LogP contribution in [-0.2, 0) is 11.2 Å². The van der Waals surface area contributed by atoms with Crippen LogP contribution < -0.4 is 16.4 Å². The molecule has 0 saturated carbocycles. The fourth-order valence-electron chi connectivity index (χ4n) is 1.66. The first-order valence-corrected chi connectivity index (χ1v) is 5.12. The molecule has 0 aliphatic carbocycles. The number of rotatable bonds is 3. The summed E-state index contributed by atoms with van der Waals surface area (Å²) in [5.41, 5.74) is 7.51. The van der Waals surface area contributed by atoms with Gasteiger partial charge in [-0.2, -0.15) is 0 Å². The van der Waals surface area contributed by atoms with Gasteiger partial charge in [-0.1, -0.05) is 0 Å². The van der Waals surface area contributed by atoms with E-state index in [1.54, 1.807) is 18.2 Å². The molecular weight excluding hydrogens is 206 g/mol. The fraction of sp³-hybridized carbons (Fsp3) is 0.273. The molecule has 0 bridgehead atoms. The summed E-state index contributed by atoms with van der Waals surface area (Å²) in [6, 6.07) is 5.17. The quantitative estimate of drug-likeness (QED) is 0.662. The molecule has 1 aliphatic rings. The average Bonchev–Trinajstić information content (AvgIpc) is 2.64. The normalized spacial score (nSPS) is 13.2. The summed E-state index contributed by atoms with van der Waals surface area (Å²) < 4.78 is 0. The van der Waals surface area contributed by atoms with Gasteiger partial charge in [-0.25, -0.2) is 0 Å². The minimum absolute atomic E-state index is 0.0329. The van der Waals surface area contributed by atoms with Crippen LogP contribution in [0.4, 0.5) is 5.69 Å². The lowest BCUT2D eigenvalue weighted by Gasteiger charge is -2.05. The van der Waals surface area contributed by atoms with Crippen LogP contribution in [0.1, 0.15) is 15.9 Å². The second kappa shape index (κ2) is 4.32. The van der Waals surface area contributed by atoms with Crippen LogP contribution in [0.2, 0.25) is 0 Å². The van der Waals surface area contributed by atoms with Crippen LogP contribution in [0.3, 0.4) is 0 Å². The number of nitrogens with one attached hydrogen (secondary N) is 2. The second-order valence-corrected chi connectivity index (χ2v) is 3.64. The van der Waals surface area contributed by atoms with E-state index in [-0.39, 0.29) is 11.8 Å². The molecule has 5 heteroatoms. The number of amides is 2. The number of carbonyl (C=O) groups is 2. The first-order valence-electron chi connectivity index (χ1n) is 5.12. The minimum Gasteiger partial charge on any atom is -0.351 e. The lowest BCUT2D eigenvalue weighted by atomic mass is 10.1. The number of fused-ring (bicyclic) bond motifs is 1. The molecule has 4 N–H and O–H groups in total. The van der Waals surface area contributed by atoms with Gasteiger partial charge in [0.25, 0.3) is 5.91 Å². The summed E-state index contributed by atoms with van der Waals surface area (Å²) in [6.45, 7) is 0.865. The first-order chi connectivity index (χ1) is 7.70. The van der Waals surface area contributed by atoms with E-state index in [0.717, 1.165) is 11.3 Å². The summed E-state index contributed by atoms with van der Waals surface area (Å²) >= 11 is 0. The Morgan fingerprint density at radius 2 is 2.31 bits per heavy atom. The summed E-state index contributed by atoms with van der Waals surface area (Å²) in [5.74, 6) is -0.192. The Bertz CT molecular complexity index is 443. The number of nitrogens with two attached hydrogens (primary N) is 1. The van der Waals surface area contributed by atoms with E-state index < -0.39 is 0 Å². The molecule has 0 atom stereocenters. The molecule has 1 aliphatic heterocycles. The highest BCUT2D eigenvalue weighted by Gasteiger charge is 2.18. The number of carbonyl (C=O) groups excluding carboxylic acids is 2. The van der Waals surface area contributed by atoms with E-state index in [2.05, 4.69) is 10.6 Å². The fourth-order valence-corrected chi connectivity index (χ4v) is 1.66. The van der Waals surface area contributed by atoms with E-state index in [0.29, 0.717) is 25.1 Å². The molecule has 1 aromatic carbocycles. The summed E-state index contributed by atoms with van der Waals surface area (Å²) in [6.07, 6.45) is 0.341. The Morgan fingerprint density at radius 3 is 3.06 bits per heavy atom. The van der Waals surface area contributed by atoms with Crippen LogP contribution in [0, 0.1) is 0 Å². The molecule has 84 valence electrons. The molecule has 16 heavy (non-hydrogen) atoms. The molecule has 1 aromatic rings. The highest BCUT2D eigenvalue weighted by atomic mass is 16.2. The van der Waals surface area contributed by atoms with Crippen LogP contribution in [-0.4, -0.2) is 24.9 Å². The van der Waals surface area contributed by atoms with Gasteiger partial charge in [0.1, 0.15) is 0 Å². The van der Waals surface area contributed by atoms with E-state index in [1.165, 1.54) is 0 Å². The van der Waals surface area contributed by atoms with E-state index in [9.17, 15) is 9.59 Å². The van der Waals surface area contributed by atoms with Gasteiger partial charge in [-0.3, -0.25) is 9.59 Å². The van der Waals surface area contributed by atoms with Crippen molar-refractivity contribution in [2.24, 2.45) is 5.73 Å². The second-order valence-electron chi connectivity index (χ2n) is 3.64. The Labute approximate surface area is 93.0 Å². The maximum Gasteiger partial charge on any atom is 0.251 e. The highest BCUT2D eigenvalue weighted by molar-refractivity contribution is 6.01. The predicted molar refractivity (Wildman–Crippen MR) is 60.2 cm³/mol. The number of benzene rings is 1. The SMILES string of the molecule is NCCNC(=O)c1ccc2c(c1)CC(=O)N2. The van der Waals surface area contributed by atoms with Gasteiger partial charge in [0.05, 0.1) is 6.42 Å². The number of hydrogen-bond donors (Lipinski definition) is 3. The van der Waals surface area contributed by atoms with Crippen molar-refractivity contribution in [3.63, 3.8) is 0 Å². The molecule has 2 amide bonds. The molecule has 0 aromatic heterocycles. The standard InChI is InChI=1S/C11H13N3O2/c12-3-4-13-11(16)7-1-2-9-8(5-7)6-10(15)14-9/h1-2,5H,3-4,6,12H2,(H,13,16)(H,14,15). The highest BCUT2D eigenvalue weighted by Crippen LogP contribution is 2.23. The average molecular weight is 219 g/mol.